The van der Waals surface area contributed by atoms with Crippen LogP contribution in [0.15, 0.2) is 101 Å². The number of hydrogen-bond acceptors (Lipinski definition) is 7. The van der Waals surface area contributed by atoms with Crippen LogP contribution in [0.3, 0.4) is 0 Å². The summed E-state index contributed by atoms with van der Waals surface area (Å²) in [6.45, 7) is 0. The average Bonchev–Trinajstić information content (AvgIpc) is 2.91. The van der Waals surface area contributed by atoms with E-state index in [0.29, 0.717) is 32.9 Å². The molecule has 214 valence electrons. The zero-order valence-corrected chi connectivity index (χ0v) is 22.9. The molecule has 2 amide bonds. The highest BCUT2D eigenvalue weighted by Crippen LogP contribution is 2.27. The molecule has 5 aromatic rings. The molecule has 0 fully saturated rings. The number of aromatic carboxylic acids is 1. The topological polar surface area (TPSA) is 199 Å². The quantitative estimate of drug-likeness (QED) is 0.136. The first-order valence-electron chi connectivity index (χ1n) is 12.0. The van der Waals surface area contributed by atoms with E-state index in [-0.39, 0.29) is 21.0 Å². The van der Waals surface area contributed by atoms with Gasteiger partial charge in [-0.25, -0.2) is 18.0 Å². The van der Waals surface area contributed by atoms with E-state index in [1.54, 1.807) is 42.5 Å². The van der Waals surface area contributed by atoms with Gasteiger partial charge in [0.2, 0.25) is 0 Å². The molecule has 12 nitrogen and oxygen atoms in total. The van der Waals surface area contributed by atoms with Crippen molar-refractivity contribution in [2.45, 2.75) is 9.79 Å². The number of aromatic hydroxyl groups is 1. The number of carbonyl (C=O) groups excluding carboxylic acids is 1. The summed E-state index contributed by atoms with van der Waals surface area (Å²) >= 11 is 0. The Morgan fingerprint density at radius 2 is 1.10 bits per heavy atom. The lowest BCUT2D eigenvalue weighted by molar-refractivity contribution is 0.0693. The van der Waals surface area contributed by atoms with Gasteiger partial charge in [-0.05, 0) is 82.2 Å². The van der Waals surface area contributed by atoms with Crippen LogP contribution in [0.5, 0.6) is 5.75 Å². The van der Waals surface area contributed by atoms with Crippen LogP contribution < -0.4 is 15.4 Å². The molecule has 42 heavy (non-hydrogen) atoms. The highest BCUT2D eigenvalue weighted by atomic mass is 32.2. The summed E-state index contributed by atoms with van der Waals surface area (Å²) in [5.41, 5.74) is 0.300. The third-order valence-electron chi connectivity index (χ3n) is 6.23. The highest BCUT2D eigenvalue weighted by molar-refractivity contribution is 7.92. The Morgan fingerprint density at radius 3 is 1.62 bits per heavy atom. The summed E-state index contributed by atoms with van der Waals surface area (Å²) in [5, 5.41) is 26.5. The fourth-order valence-corrected chi connectivity index (χ4v) is 5.82. The number of urea groups is 1. The van der Waals surface area contributed by atoms with Crippen LogP contribution in [0.2, 0.25) is 0 Å². The van der Waals surface area contributed by atoms with E-state index in [2.05, 4.69) is 15.4 Å². The molecule has 0 spiro atoms. The number of nitrogens with one attached hydrogen (secondary N) is 3. The number of anilines is 3. The number of sulfonamides is 1. The molecular weight excluding hydrogens is 586 g/mol. The predicted octanol–water partition coefficient (Wildman–Crippen LogP) is 5.09. The van der Waals surface area contributed by atoms with Gasteiger partial charge < -0.3 is 20.8 Å². The average molecular weight is 608 g/mol. The van der Waals surface area contributed by atoms with Crippen LogP contribution in [-0.2, 0) is 20.1 Å². The Labute approximate surface area is 239 Å². The minimum atomic E-state index is -4.39. The van der Waals surface area contributed by atoms with Gasteiger partial charge >= 0.3 is 12.0 Å². The lowest BCUT2D eigenvalue weighted by Gasteiger charge is -2.12. The Bertz CT molecular complexity index is 2130. The predicted molar refractivity (Wildman–Crippen MR) is 156 cm³/mol. The Morgan fingerprint density at radius 1 is 0.595 bits per heavy atom. The summed E-state index contributed by atoms with van der Waals surface area (Å²) in [4.78, 5) is 23.4. The minimum Gasteiger partial charge on any atom is -0.507 e. The molecule has 0 atom stereocenters. The lowest BCUT2D eigenvalue weighted by atomic mass is 10.1. The van der Waals surface area contributed by atoms with E-state index in [4.69, 9.17) is 5.11 Å². The van der Waals surface area contributed by atoms with Crippen LogP contribution in [0, 0.1) is 0 Å². The van der Waals surface area contributed by atoms with Gasteiger partial charge in [0, 0.05) is 17.4 Å². The number of carboxylic acid groups (broad SMARTS) is 1. The molecule has 14 heteroatoms. The van der Waals surface area contributed by atoms with E-state index in [1.807, 2.05) is 0 Å². The number of amides is 2. The van der Waals surface area contributed by atoms with Gasteiger partial charge in [-0.2, -0.15) is 8.42 Å². The Kier molecular flexibility index (Phi) is 7.20. The first kappa shape index (κ1) is 28.4. The highest BCUT2D eigenvalue weighted by Gasteiger charge is 2.17. The maximum atomic E-state index is 13.0. The molecule has 0 radical (unpaired) electrons. The molecule has 0 saturated heterocycles. The SMILES string of the molecule is O=C(Nc1ccc2ccc(S(=O)(=O)O)cc2c1)Nc1ccc2ccc(S(=O)(=O)Nc3ccc(C(=O)O)c(O)c3)cc2c1. The van der Waals surface area contributed by atoms with E-state index >= 15 is 0 Å². The second-order valence-electron chi connectivity index (χ2n) is 9.14. The monoisotopic (exact) mass is 607 g/mol. The van der Waals surface area contributed by atoms with E-state index in [9.17, 15) is 36.1 Å². The largest absolute Gasteiger partial charge is 0.507 e. The summed E-state index contributed by atoms with van der Waals surface area (Å²) in [5.74, 6) is -1.96. The number of hydrogen-bond donors (Lipinski definition) is 6. The van der Waals surface area contributed by atoms with Crippen LogP contribution in [0.25, 0.3) is 21.5 Å². The molecule has 0 aliphatic carbocycles. The minimum absolute atomic E-state index is 0.0346. The van der Waals surface area contributed by atoms with E-state index < -0.39 is 37.9 Å². The molecule has 5 aromatic carbocycles. The van der Waals surface area contributed by atoms with E-state index in [0.717, 1.165) is 12.1 Å². The van der Waals surface area contributed by atoms with Crippen molar-refractivity contribution in [3.8, 4) is 5.75 Å². The molecule has 5 rings (SSSR count). The van der Waals surface area contributed by atoms with Crippen molar-refractivity contribution in [1.82, 2.24) is 0 Å². The normalized spacial score (nSPS) is 11.7. The maximum absolute atomic E-state index is 13.0. The molecule has 0 aliphatic rings. The molecular formula is C28H21N3O9S2. The third kappa shape index (κ3) is 6.10. The molecule has 0 heterocycles. The van der Waals surface area contributed by atoms with Gasteiger partial charge in [0.05, 0.1) is 15.5 Å². The van der Waals surface area contributed by atoms with Gasteiger partial charge in [0.15, 0.2) is 0 Å². The molecule has 0 bridgehead atoms. The van der Waals surface area contributed by atoms with Crippen molar-refractivity contribution < 1.29 is 41.2 Å². The second-order valence-corrected chi connectivity index (χ2v) is 12.2. The number of phenols is 1. The van der Waals surface area contributed by atoms with Crippen LogP contribution in [0.4, 0.5) is 21.9 Å². The van der Waals surface area contributed by atoms with Crippen molar-refractivity contribution in [3.63, 3.8) is 0 Å². The van der Waals surface area contributed by atoms with Gasteiger partial charge in [-0.1, -0.05) is 24.3 Å². The number of benzene rings is 5. The van der Waals surface area contributed by atoms with Crippen LogP contribution in [0.1, 0.15) is 10.4 Å². The first-order valence-corrected chi connectivity index (χ1v) is 14.9. The molecule has 0 unspecified atom stereocenters. The Hall–Kier alpha value is -5.18. The summed E-state index contributed by atoms with van der Waals surface area (Å²) < 4.78 is 60.4. The van der Waals surface area contributed by atoms with Gasteiger partial charge in [0.25, 0.3) is 20.1 Å². The van der Waals surface area contributed by atoms with E-state index in [1.165, 1.54) is 36.4 Å². The van der Waals surface area contributed by atoms with Crippen molar-refractivity contribution >= 4 is 70.7 Å². The van der Waals surface area contributed by atoms with Gasteiger partial charge in [0.1, 0.15) is 11.3 Å². The van der Waals surface area contributed by atoms with Crippen molar-refractivity contribution in [2.24, 2.45) is 0 Å². The number of carboxylic acids is 1. The van der Waals surface area contributed by atoms with Crippen molar-refractivity contribution in [3.05, 3.63) is 96.6 Å². The fourth-order valence-electron chi connectivity index (χ4n) is 4.22. The standard InChI is InChI=1S/C28H21N3O9S2/c32-26-15-22(7-10-25(26)27(33)34)31-41(36,37)23-8-3-16-1-5-20(11-18(16)13-23)29-28(35)30-21-6-2-17-4-9-24(42(38,39)40)14-19(17)12-21/h1-15,31-32H,(H,33,34)(H2,29,30,35)(H,38,39,40). The summed E-state index contributed by atoms with van der Waals surface area (Å²) in [7, 11) is -8.52. The second kappa shape index (κ2) is 10.7. The molecule has 0 aliphatic heterocycles. The Balaban J connectivity index is 1.34. The summed E-state index contributed by atoms with van der Waals surface area (Å²) in [6, 6.07) is 20.8. The fraction of sp³-hybridized carbons (Fsp3) is 0. The molecule has 0 aromatic heterocycles. The van der Waals surface area contributed by atoms with Crippen molar-refractivity contribution in [1.29, 1.82) is 0 Å². The number of fused-ring (bicyclic) bond motifs is 2. The number of carbonyl (C=O) groups is 2. The first-order chi connectivity index (χ1) is 19.8. The lowest BCUT2D eigenvalue weighted by Crippen LogP contribution is -2.19. The van der Waals surface area contributed by atoms with Crippen LogP contribution >= 0.6 is 0 Å². The zero-order chi connectivity index (χ0) is 30.2. The zero-order valence-electron chi connectivity index (χ0n) is 21.3. The molecule has 0 saturated carbocycles. The van der Waals surface area contributed by atoms with Gasteiger partial charge in [-0.3, -0.25) is 9.27 Å². The van der Waals surface area contributed by atoms with Crippen molar-refractivity contribution in [2.75, 3.05) is 15.4 Å². The van der Waals surface area contributed by atoms with Gasteiger partial charge in [-0.15, -0.1) is 0 Å². The smallest absolute Gasteiger partial charge is 0.339 e. The van der Waals surface area contributed by atoms with Crippen LogP contribution in [-0.4, -0.2) is 43.6 Å². The maximum Gasteiger partial charge on any atom is 0.339 e. The third-order valence-corrected chi connectivity index (χ3v) is 8.46. The summed E-state index contributed by atoms with van der Waals surface area (Å²) in [6.07, 6.45) is 0. The molecule has 6 N–H and O–H groups in total. The number of rotatable bonds is 7.